The normalized spacial score (nSPS) is 18.7. The summed E-state index contributed by atoms with van der Waals surface area (Å²) in [5.74, 6) is 0.775. The minimum atomic E-state index is -5.01. The Bertz CT molecular complexity index is 1700. The van der Waals surface area contributed by atoms with Gasteiger partial charge in [-0.3, -0.25) is 0 Å². The van der Waals surface area contributed by atoms with Crippen molar-refractivity contribution in [3.05, 3.63) is 86.2 Å². The summed E-state index contributed by atoms with van der Waals surface area (Å²) in [5, 5.41) is 0. The molecule has 5 rings (SSSR count). The second kappa shape index (κ2) is 10.8. The average molecular weight is 734 g/mol. The minimum absolute atomic E-state index is 0.133. The molecular weight excluding hydrogens is 690 g/mol. The fourth-order valence-electron chi connectivity index (χ4n) is 6.65. The summed E-state index contributed by atoms with van der Waals surface area (Å²) in [7, 11) is 15.7. The van der Waals surface area contributed by atoms with Gasteiger partial charge in [0.15, 0.2) is 0 Å². The van der Waals surface area contributed by atoms with Crippen LogP contribution in [-0.4, -0.2) is 50.6 Å². The van der Waals surface area contributed by atoms with Crippen molar-refractivity contribution in [3.8, 4) is 5.75 Å². The van der Waals surface area contributed by atoms with Gasteiger partial charge in [0.1, 0.15) is 0 Å². The van der Waals surface area contributed by atoms with Gasteiger partial charge in [-0.25, -0.2) is 0 Å². The third kappa shape index (κ3) is 5.11. The summed E-state index contributed by atoms with van der Waals surface area (Å²) >= 11 is -5.01. The first kappa shape index (κ1) is 32.3. The molecular formula is C33H43Cl2N3O3RuS. The molecule has 0 saturated carbocycles. The standard InChI is InChI=1S/C21H26N2.C12H17NO3S.2ClH.Ru/c1-14-9-16(3)20(17(4)10-14)22-7-8-23(13-22)21-18(5)11-15(2)12-19(21)6;1-9(2)16-12-7-6-11(8-10(12)3)17(14,15)13(4)5;;;/h9-12H,7-8H2,1-6H3;3,6-9H,1-2,4-5H3;2*1H;/q+1;;;;+1/p-2. The first-order chi connectivity index (χ1) is 19.9. The Hall–Kier alpha value is -2.09. The molecule has 0 aliphatic carbocycles. The van der Waals surface area contributed by atoms with E-state index in [1.165, 1.54) is 29.5 Å². The van der Waals surface area contributed by atoms with E-state index in [4.69, 9.17) is 19.4 Å². The van der Waals surface area contributed by atoms with Gasteiger partial charge >= 0.3 is 268 Å². The van der Waals surface area contributed by atoms with Gasteiger partial charge in [0.2, 0.25) is 0 Å². The van der Waals surface area contributed by atoms with Crippen molar-refractivity contribution in [1.29, 1.82) is 0 Å². The maximum atomic E-state index is 13.1. The third-order valence-corrected chi connectivity index (χ3v) is 19.8. The van der Waals surface area contributed by atoms with E-state index in [0.29, 0.717) is 18.7 Å². The molecule has 43 heavy (non-hydrogen) atoms. The molecule has 0 N–H and O–H groups in total. The first-order valence-electron chi connectivity index (χ1n) is 14.4. The molecule has 0 radical (unpaired) electrons. The van der Waals surface area contributed by atoms with E-state index in [-0.39, 0.29) is 11.0 Å². The predicted molar refractivity (Wildman–Crippen MR) is 179 cm³/mol. The van der Waals surface area contributed by atoms with Crippen LogP contribution in [0.4, 0.5) is 11.4 Å². The molecule has 2 heterocycles. The van der Waals surface area contributed by atoms with Gasteiger partial charge in [0, 0.05) is 0 Å². The van der Waals surface area contributed by atoms with E-state index in [9.17, 15) is 8.42 Å². The van der Waals surface area contributed by atoms with E-state index in [0.717, 1.165) is 44.1 Å². The zero-order chi connectivity index (χ0) is 31.8. The number of halogens is 2. The molecule has 0 spiro atoms. The van der Waals surface area contributed by atoms with Crippen LogP contribution in [0.1, 0.15) is 52.8 Å². The SMILES string of the molecule is Cc1cc(C)c(N2CCN(c3c(C)cc(C)cc3C)[C+]2[Ru-2]2([Cl])([Cl])=[CH]c3cc(S(=O)(=O)N(C)C)ccc3[O+]2C(C)C)c(C)c1. The monoisotopic (exact) mass is 733 g/mol. The molecule has 6 nitrogen and oxygen atoms in total. The first-order valence-corrected chi connectivity index (χ1v) is 22.9. The molecule has 0 bridgehead atoms. The molecule has 3 aromatic carbocycles. The molecule has 1 fully saturated rings. The molecule has 10 heteroatoms. The molecule has 236 valence electrons. The van der Waals surface area contributed by atoms with E-state index >= 15 is 0 Å². The molecule has 0 amide bonds. The van der Waals surface area contributed by atoms with Crippen LogP contribution in [0.25, 0.3) is 0 Å². The van der Waals surface area contributed by atoms with Crippen LogP contribution in [-0.2, 0) is 24.7 Å². The molecule has 0 unspecified atom stereocenters. The maximum absolute atomic E-state index is 13.1. The van der Waals surface area contributed by atoms with Gasteiger partial charge < -0.3 is 0 Å². The predicted octanol–water partition coefficient (Wildman–Crippen LogP) is 8.01. The fourth-order valence-corrected chi connectivity index (χ4v) is 19.5. The van der Waals surface area contributed by atoms with Crippen molar-refractivity contribution in [2.24, 2.45) is 0 Å². The number of rotatable bonds is 6. The van der Waals surface area contributed by atoms with E-state index in [1.54, 1.807) is 12.1 Å². The topological polar surface area (TPSA) is 46.6 Å². The summed E-state index contributed by atoms with van der Waals surface area (Å²) in [6, 6.07) is 14.0. The van der Waals surface area contributed by atoms with Crippen molar-refractivity contribution in [2.75, 3.05) is 37.0 Å². The molecule has 3 aromatic rings. The van der Waals surface area contributed by atoms with E-state index in [2.05, 4.69) is 92.6 Å². The van der Waals surface area contributed by atoms with Gasteiger partial charge in [-0.1, -0.05) is 0 Å². The number of nitrogens with zero attached hydrogens (tertiary/aromatic N) is 3. The van der Waals surface area contributed by atoms with Gasteiger partial charge in [-0.2, -0.15) is 0 Å². The number of anilines is 2. The van der Waals surface area contributed by atoms with Crippen molar-refractivity contribution < 1.29 is 23.1 Å². The summed E-state index contributed by atoms with van der Waals surface area (Å²) in [6.07, 6.45) is -0.133. The fraction of sp³-hybridized carbons (Fsp3) is 0.394. The summed E-state index contributed by atoms with van der Waals surface area (Å²) in [4.78, 5) is 4.87. The molecule has 0 atom stereocenters. The quantitative estimate of drug-likeness (QED) is 0.146. The average Bonchev–Trinajstić information content (AvgIpc) is 3.39. The van der Waals surface area contributed by atoms with Gasteiger partial charge in [0.25, 0.3) is 0 Å². The van der Waals surface area contributed by atoms with Gasteiger partial charge in [-0.05, 0) is 0 Å². The Morgan fingerprint density at radius 3 is 1.65 bits per heavy atom. The molecule has 1 saturated heterocycles. The summed E-state index contributed by atoms with van der Waals surface area (Å²) in [5.41, 5.74) is 9.98. The Labute approximate surface area is 266 Å². The second-order valence-electron chi connectivity index (χ2n) is 12.2. The van der Waals surface area contributed by atoms with E-state index in [1.807, 2.05) is 10.7 Å². The van der Waals surface area contributed by atoms with Crippen LogP contribution in [0, 0.1) is 46.3 Å². The Morgan fingerprint density at radius 1 is 0.814 bits per heavy atom. The van der Waals surface area contributed by atoms with Crippen LogP contribution >= 0.6 is 19.4 Å². The zero-order valence-electron chi connectivity index (χ0n) is 26.7. The summed E-state index contributed by atoms with van der Waals surface area (Å²) < 4.78 is 33.7. The van der Waals surface area contributed by atoms with Crippen molar-refractivity contribution in [1.82, 2.24) is 4.31 Å². The van der Waals surface area contributed by atoms with Crippen LogP contribution in [0.15, 0.2) is 47.4 Å². The number of benzene rings is 3. The Morgan fingerprint density at radius 2 is 1.26 bits per heavy atom. The van der Waals surface area contributed by atoms with Crippen molar-refractivity contribution >= 4 is 45.4 Å². The van der Waals surface area contributed by atoms with Gasteiger partial charge in [0.05, 0.1) is 0 Å². The van der Waals surface area contributed by atoms with Gasteiger partial charge in [-0.15, -0.1) is 0 Å². The Kier molecular flexibility index (Phi) is 8.09. The Balaban J connectivity index is 1.84. The number of sulfonamides is 1. The van der Waals surface area contributed by atoms with Crippen LogP contribution in [0.3, 0.4) is 0 Å². The van der Waals surface area contributed by atoms with Crippen LogP contribution in [0.5, 0.6) is 5.75 Å². The molecule has 2 aliphatic rings. The zero-order valence-corrected chi connectivity index (χ0v) is 30.8. The summed E-state index contributed by atoms with van der Waals surface area (Å²) in [6.45, 7) is 18.4. The number of fused-ring (bicyclic) bond motifs is 1. The van der Waals surface area contributed by atoms with Crippen LogP contribution < -0.4 is 9.80 Å². The number of hydrogen-bond acceptors (Lipinski definition) is 4. The van der Waals surface area contributed by atoms with Crippen molar-refractivity contribution in [3.63, 3.8) is 0 Å². The number of aryl methyl sites for hydroxylation is 6. The molecule has 0 aromatic heterocycles. The van der Waals surface area contributed by atoms with Crippen molar-refractivity contribution in [2.45, 2.75) is 66.4 Å². The molecule has 2 aliphatic heterocycles. The van der Waals surface area contributed by atoms with E-state index < -0.39 is 21.6 Å². The van der Waals surface area contributed by atoms with Crippen LogP contribution in [0.2, 0.25) is 0 Å². The third-order valence-electron chi connectivity index (χ3n) is 8.00. The second-order valence-corrected chi connectivity index (χ2v) is 26.9. The number of hydrogen-bond donors (Lipinski definition) is 0.